The molecule has 1 aliphatic heterocycles. The van der Waals surface area contributed by atoms with Crippen LogP contribution in [0.3, 0.4) is 0 Å². The van der Waals surface area contributed by atoms with E-state index >= 15 is 0 Å². The van der Waals surface area contributed by atoms with E-state index in [1.54, 1.807) is 24.3 Å². The Hall–Kier alpha value is -1.31. The molecule has 2 rings (SSSR count). The lowest BCUT2D eigenvalue weighted by Crippen LogP contribution is -2.43. The molecule has 0 saturated carbocycles. The van der Waals surface area contributed by atoms with Crippen LogP contribution in [0.4, 0.5) is 5.69 Å². The monoisotopic (exact) mass is 375 g/mol. The van der Waals surface area contributed by atoms with Crippen molar-refractivity contribution in [3.63, 3.8) is 0 Å². The van der Waals surface area contributed by atoms with Crippen LogP contribution in [0.5, 0.6) is 0 Å². The highest BCUT2D eigenvalue weighted by atomic mass is 35.5. The van der Waals surface area contributed by atoms with Crippen molar-refractivity contribution in [2.45, 2.75) is 32.2 Å². The Labute approximate surface area is 150 Å². The lowest BCUT2D eigenvalue weighted by molar-refractivity contribution is 0.0707. The SMILES string of the molecule is CCCS(=O)(=O)Nc1cccc(C(=O)N2CCC(NC)CC2)c1.Cl. The molecule has 0 bridgehead atoms. The first-order valence-electron chi connectivity index (χ1n) is 8.02. The van der Waals surface area contributed by atoms with Crippen LogP contribution in [-0.2, 0) is 10.0 Å². The van der Waals surface area contributed by atoms with Gasteiger partial charge in [0.25, 0.3) is 5.91 Å². The van der Waals surface area contributed by atoms with Crippen LogP contribution in [0.25, 0.3) is 0 Å². The maximum atomic E-state index is 12.6. The fraction of sp³-hybridized carbons (Fsp3) is 0.562. The molecule has 1 amide bonds. The number of sulfonamides is 1. The summed E-state index contributed by atoms with van der Waals surface area (Å²) in [6, 6.07) is 7.17. The zero-order valence-electron chi connectivity index (χ0n) is 14.1. The highest BCUT2D eigenvalue weighted by molar-refractivity contribution is 7.92. The van der Waals surface area contributed by atoms with Gasteiger partial charge in [-0.15, -0.1) is 12.4 Å². The summed E-state index contributed by atoms with van der Waals surface area (Å²) in [4.78, 5) is 14.4. The number of piperidine rings is 1. The minimum atomic E-state index is -3.35. The number of amides is 1. The zero-order valence-corrected chi connectivity index (χ0v) is 15.8. The molecular weight excluding hydrogens is 350 g/mol. The van der Waals surface area contributed by atoms with Crippen LogP contribution in [0.2, 0.25) is 0 Å². The first-order chi connectivity index (χ1) is 10.9. The minimum Gasteiger partial charge on any atom is -0.339 e. The molecule has 0 radical (unpaired) electrons. The summed E-state index contributed by atoms with van der Waals surface area (Å²) in [7, 11) is -1.41. The van der Waals surface area contributed by atoms with Crippen LogP contribution in [-0.4, -0.2) is 51.2 Å². The van der Waals surface area contributed by atoms with Crippen molar-refractivity contribution in [2.24, 2.45) is 0 Å². The van der Waals surface area contributed by atoms with Gasteiger partial charge in [-0.1, -0.05) is 13.0 Å². The molecule has 1 saturated heterocycles. The Bertz CT molecular complexity index is 644. The average molecular weight is 376 g/mol. The van der Waals surface area contributed by atoms with Gasteiger partial charge in [-0.3, -0.25) is 9.52 Å². The molecule has 2 N–H and O–H groups in total. The highest BCUT2D eigenvalue weighted by Crippen LogP contribution is 2.17. The molecule has 0 aromatic heterocycles. The zero-order chi connectivity index (χ0) is 16.9. The number of carbonyl (C=O) groups excluding carboxylic acids is 1. The third-order valence-corrected chi connectivity index (χ3v) is 5.54. The summed E-state index contributed by atoms with van der Waals surface area (Å²) in [5.41, 5.74) is 0.957. The summed E-state index contributed by atoms with van der Waals surface area (Å²) in [5.74, 6) is 0.0268. The number of likely N-dealkylation sites (tertiary alicyclic amines) is 1. The van der Waals surface area contributed by atoms with E-state index in [0.29, 0.717) is 23.7 Å². The number of nitrogens with one attached hydrogen (secondary N) is 2. The van der Waals surface area contributed by atoms with Crippen molar-refractivity contribution in [2.75, 3.05) is 30.6 Å². The number of halogens is 1. The van der Waals surface area contributed by atoms with Gasteiger partial charge in [0.2, 0.25) is 10.0 Å². The maximum absolute atomic E-state index is 12.6. The van der Waals surface area contributed by atoms with E-state index < -0.39 is 10.0 Å². The summed E-state index contributed by atoms with van der Waals surface area (Å²) < 4.78 is 26.2. The molecule has 0 unspecified atom stereocenters. The second kappa shape index (κ2) is 9.25. The van der Waals surface area contributed by atoms with Crippen molar-refractivity contribution >= 4 is 34.0 Å². The van der Waals surface area contributed by atoms with Gasteiger partial charge in [0.05, 0.1) is 5.75 Å². The van der Waals surface area contributed by atoms with Crippen LogP contribution in [0.15, 0.2) is 24.3 Å². The van der Waals surface area contributed by atoms with Gasteiger partial charge in [0.1, 0.15) is 0 Å². The van der Waals surface area contributed by atoms with Gasteiger partial charge >= 0.3 is 0 Å². The van der Waals surface area contributed by atoms with Crippen LogP contribution < -0.4 is 10.0 Å². The Balaban J connectivity index is 0.00000288. The maximum Gasteiger partial charge on any atom is 0.253 e. The Morgan fingerprint density at radius 2 is 1.96 bits per heavy atom. The van der Waals surface area contributed by atoms with E-state index in [-0.39, 0.29) is 24.1 Å². The second-order valence-electron chi connectivity index (χ2n) is 5.86. The summed E-state index contributed by atoms with van der Waals surface area (Å²) in [6.45, 7) is 3.25. The van der Waals surface area contributed by atoms with Gasteiger partial charge in [-0.25, -0.2) is 8.42 Å². The Kier molecular flexibility index (Phi) is 7.99. The standard InChI is InChI=1S/C16H25N3O3S.ClH/c1-3-11-23(21,22)18-15-6-4-5-13(12-15)16(20)19-9-7-14(17-2)8-10-19;/h4-6,12,14,17-18H,3,7-11H2,1-2H3;1H. The van der Waals surface area contributed by atoms with Gasteiger partial charge in [-0.05, 0) is 44.5 Å². The molecule has 1 heterocycles. The number of nitrogens with zero attached hydrogens (tertiary/aromatic N) is 1. The largest absolute Gasteiger partial charge is 0.339 e. The Morgan fingerprint density at radius 3 is 2.54 bits per heavy atom. The molecule has 8 heteroatoms. The highest BCUT2D eigenvalue weighted by Gasteiger charge is 2.23. The molecule has 0 aliphatic carbocycles. The molecule has 1 aromatic carbocycles. The average Bonchev–Trinajstić information content (AvgIpc) is 2.54. The first kappa shape index (κ1) is 20.7. The third kappa shape index (κ3) is 5.65. The number of carbonyl (C=O) groups is 1. The summed E-state index contributed by atoms with van der Waals surface area (Å²) in [5, 5.41) is 3.24. The Morgan fingerprint density at radius 1 is 1.29 bits per heavy atom. The normalized spacial score (nSPS) is 15.7. The molecule has 6 nitrogen and oxygen atoms in total. The number of hydrogen-bond donors (Lipinski definition) is 2. The van der Waals surface area contributed by atoms with Gasteiger partial charge in [0.15, 0.2) is 0 Å². The van der Waals surface area contributed by atoms with E-state index in [1.807, 2.05) is 18.9 Å². The molecule has 1 aromatic rings. The van der Waals surface area contributed by atoms with E-state index in [9.17, 15) is 13.2 Å². The van der Waals surface area contributed by atoms with Crippen molar-refractivity contribution < 1.29 is 13.2 Å². The smallest absolute Gasteiger partial charge is 0.253 e. The van der Waals surface area contributed by atoms with Crippen LogP contribution >= 0.6 is 12.4 Å². The predicted molar refractivity (Wildman–Crippen MR) is 99.4 cm³/mol. The summed E-state index contributed by atoms with van der Waals surface area (Å²) >= 11 is 0. The quantitative estimate of drug-likeness (QED) is 0.797. The minimum absolute atomic E-state index is 0. The number of hydrogen-bond acceptors (Lipinski definition) is 4. The summed E-state index contributed by atoms with van der Waals surface area (Å²) in [6.07, 6.45) is 2.42. The van der Waals surface area contributed by atoms with Crippen molar-refractivity contribution in [3.8, 4) is 0 Å². The number of benzene rings is 1. The lowest BCUT2D eigenvalue weighted by Gasteiger charge is -2.32. The van der Waals surface area contributed by atoms with E-state index in [1.165, 1.54) is 0 Å². The van der Waals surface area contributed by atoms with E-state index in [4.69, 9.17) is 0 Å². The van der Waals surface area contributed by atoms with E-state index in [0.717, 1.165) is 25.9 Å². The fourth-order valence-corrected chi connectivity index (χ4v) is 3.89. The van der Waals surface area contributed by atoms with E-state index in [2.05, 4.69) is 10.0 Å². The second-order valence-corrected chi connectivity index (χ2v) is 7.70. The lowest BCUT2D eigenvalue weighted by atomic mass is 10.0. The van der Waals surface area contributed by atoms with Gasteiger partial charge < -0.3 is 10.2 Å². The molecule has 0 spiro atoms. The van der Waals surface area contributed by atoms with Crippen molar-refractivity contribution in [1.82, 2.24) is 10.2 Å². The van der Waals surface area contributed by atoms with Crippen LogP contribution in [0.1, 0.15) is 36.5 Å². The third-order valence-electron chi connectivity index (χ3n) is 4.05. The molecule has 1 aliphatic rings. The van der Waals surface area contributed by atoms with Crippen LogP contribution in [0, 0.1) is 0 Å². The first-order valence-corrected chi connectivity index (χ1v) is 9.67. The molecule has 24 heavy (non-hydrogen) atoms. The predicted octanol–water partition coefficient (Wildman–Crippen LogP) is 2.08. The fourth-order valence-electron chi connectivity index (χ4n) is 2.77. The number of rotatable bonds is 6. The van der Waals surface area contributed by atoms with Gasteiger partial charge in [0, 0.05) is 30.4 Å². The van der Waals surface area contributed by atoms with Gasteiger partial charge in [-0.2, -0.15) is 0 Å². The van der Waals surface area contributed by atoms with Crippen molar-refractivity contribution in [1.29, 1.82) is 0 Å². The number of anilines is 1. The molecule has 1 fully saturated rings. The van der Waals surface area contributed by atoms with Crippen molar-refractivity contribution in [3.05, 3.63) is 29.8 Å². The molecule has 136 valence electrons. The topological polar surface area (TPSA) is 78.5 Å². The molecular formula is C16H26ClN3O3S. The molecule has 0 atom stereocenters.